The first kappa shape index (κ1) is 9.92. The molecule has 0 bridgehead atoms. The lowest BCUT2D eigenvalue weighted by Crippen LogP contribution is -2.24. The Labute approximate surface area is 77.7 Å². The zero-order chi connectivity index (χ0) is 9.84. The van der Waals surface area contributed by atoms with Gasteiger partial charge in [-0.25, -0.2) is 0 Å². The van der Waals surface area contributed by atoms with Crippen molar-refractivity contribution >= 4 is 5.78 Å². The number of hydrogen-bond acceptors (Lipinski definition) is 3. The molecule has 1 atom stereocenters. The molecule has 2 N–H and O–H groups in total. The zero-order valence-electron chi connectivity index (χ0n) is 8.03. The predicted molar refractivity (Wildman–Crippen MR) is 50.4 cm³/mol. The third-order valence-electron chi connectivity index (χ3n) is 2.22. The number of aromatic nitrogens is 2. The Morgan fingerprint density at radius 3 is 2.85 bits per heavy atom. The van der Waals surface area contributed by atoms with Gasteiger partial charge in [0.25, 0.3) is 0 Å². The van der Waals surface area contributed by atoms with Gasteiger partial charge in [-0.05, 0) is 12.5 Å². The first-order chi connectivity index (χ1) is 6.20. The van der Waals surface area contributed by atoms with E-state index in [2.05, 4.69) is 5.10 Å². The molecule has 1 aromatic rings. The number of aryl methyl sites for hydroxylation is 1. The van der Waals surface area contributed by atoms with Crippen LogP contribution in [0.4, 0.5) is 0 Å². The van der Waals surface area contributed by atoms with Crippen molar-refractivity contribution in [2.75, 3.05) is 6.54 Å². The molecule has 0 aromatic carbocycles. The summed E-state index contributed by atoms with van der Waals surface area (Å²) in [5.74, 6) is 0.0143. The summed E-state index contributed by atoms with van der Waals surface area (Å²) >= 11 is 0. The van der Waals surface area contributed by atoms with Crippen LogP contribution in [0.1, 0.15) is 23.8 Å². The van der Waals surface area contributed by atoms with E-state index in [0.29, 0.717) is 12.2 Å². The lowest BCUT2D eigenvalue weighted by molar-refractivity contribution is 0.0911. The maximum absolute atomic E-state index is 11.7. The number of ketones is 1. The summed E-state index contributed by atoms with van der Waals surface area (Å²) in [6.07, 6.45) is 2.40. The van der Waals surface area contributed by atoms with E-state index in [9.17, 15) is 4.79 Å². The van der Waals surface area contributed by atoms with Crippen molar-refractivity contribution in [1.29, 1.82) is 0 Å². The molecule has 1 rings (SSSR count). The van der Waals surface area contributed by atoms with Gasteiger partial charge in [0.05, 0.1) is 0 Å². The predicted octanol–water partition coefficient (Wildman–Crippen LogP) is 0.588. The second-order valence-corrected chi connectivity index (χ2v) is 3.05. The van der Waals surface area contributed by atoms with Crippen molar-refractivity contribution in [3.05, 3.63) is 18.0 Å². The van der Waals surface area contributed by atoms with Gasteiger partial charge in [-0.3, -0.25) is 9.48 Å². The van der Waals surface area contributed by atoms with Crippen molar-refractivity contribution in [1.82, 2.24) is 9.78 Å². The van der Waals surface area contributed by atoms with Crippen LogP contribution in [-0.2, 0) is 7.05 Å². The number of hydrogen-bond donors (Lipinski definition) is 1. The molecule has 0 amide bonds. The standard InChI is InChI=1S/C9H15N3O/c1-3-7(6-10)9(13)8-4-5-11-12(8)2/h4-5,7H,3,6,10H2,1-2H3. The first-order valence-corrected chi connectivity index (χ1v) is 4.43. The Bertz CT molecular complexity index is 289. The van der Waals surface area contributed by atoms with Crippen LogP contribution in [0, 0.1) is 5.92 Å². The summed E-state index contributed by atoms with van der Waals surface area (Å²) in [7, 11) is 1.76. The van der Waals surface area contributed by atoms with Crippen LogP contribution in [0.15, 0.2) is 12.3 Å². The van der Waals surface area contributed by atoms with Crippen molar-refractivity contribution in [2.45, 2.75) is 13.3 Å². The van der Waals surface area contributed by atoms with E-state index in [1.165, 1.54) is 0 Å². The average Bonchev–Trinajstić information content (AvgIpc) is 2.53. The van der Waals surface area contributed by atoms with Crippen molar-refractivity contribution in [3.8, 4) is 0 Å². The van der Waals surface area contributed by atoms with Gasteiger partial charge in [0.1, 0.15) is 5.69 Å². The summed E-state index contributed by atoms with van der Waals surface area (Å²) in [6, 6.07) is 1.72. The molecule has 0 spiro atoms. The molecule has 0 aliphatic rings. The highest BCUT2D eigenvalue weighted by Crippen LogP contribution is 2.09. The fourth-order valence-electron chi connectivity index (χ4n) is 1.28. The van der Waals surface area contributed by atoms with Gasteiger partial charge in [-0.15, -0.1) is 0 Å². The van der Waals surface area contributed by atoms with Crippen molar-refractivity contribution in [2.24, 2.45) is 18.7 Å². The van der Waals surface area contributed by atoms with Crippen LogP contribution in [0.3, 0.4) is 0 Å². The molecule has 1 aromatic heterocycles. The normalized spacial score (nSPS) is 12.8. The maximum atomic E-state index is 11.7. The third-order valence-corrected chi connectivity index (χ3v) is 2.22. The number of carbonyl (C=O) groups is 1. The molecule has 0 saturated carbocycles. The van der Waals surface area contributed by atoms with E-state index in [0.717, 1.165) is 6.42 Å². The zero-order valence-corrected chi connectivity index (χ0v) is 8.03. The number of nitrogens with zero attached hydrogens (tertiary/aromatic N) is 2. The Morgan fingerprint density at radius 2 is 2.46 bits per heavy atom. The Hall–Kier alpha value is -1.16. The highest BCUT2D eigenvalue weighted by atomic mass is 16.1. The summed E-state index contributed by atoms with van der Waals surface area (Å²) in [5.41, 5.74) is 6.13. The molecule has 1 heterocycles. The molecule has 0 radical (unpaired) electrons. The van der Waals surface area contributed by atoms with Crippen LogP contribution in [-0.4, -0.2) is 22.1 Å². The summed E-state index contributed by atoms with van der Waals surface area (Å²) in [4.78, 5) is 11.7. The van der Waals surface area contributed by atoms with E-state index in [-0.39, 0.29) is 11.7 Å². The number of nitrogens with two attached hydrogens (primary N) is 1. The smallest absolute Gasteiger partial charge is 0.185 e. The van der Waals surface area contributed by atoms with Crippen LogP contribution in [0.2, 0.25) is 0 Å². The highest BCUT2D eigenvalue weighted by Gasteiger charge is 2.18. The molecule has 0 saturated heterocycles. The Kier molecular flexibility index (Phi) is 3.19. The summed E-state index contributed by atoms with van der Waals surface area (Å²) in [6.45, 7) is 2.37. The van der Waals surface area contributed by atoms with Gasteiger partial charge in [0, 0.05) is 25.7 Å². The minimum absolute atomic E-state index is 0.0737. The van der Waals surface area contributed by atoms with Crippen molar-refractivity contribution < 1.29 is 4.79 Å². The van der Waals surface area contributed by atoms with E-state index in [4.69, 9.17) is 5.73 Å². The molecule has 0 fully saturated rings. The lowest BCUT2D eigenvalue weighted by atomic mass is 9.99. The molecule has 13 heavy (non-hydrogen) atoms. The molecular weight excluding hydrogens is 166 g/mol. The first-order valence-electron chi connectivity index (χ1n) is 4.43. The average molecular weight is 181 g/mol. The SMILES string of the molecule is CCC(CN)C(=O)c1ccnn1C. The van der Waals surface area contributed by atoms with Crippen LogP contribution >= 0.6 is 0 Å². The minimum Gasteiger partial charge on any atom is -0.330 e. The topological polar surface area (TPSA) is 60.9 Å². The van der Waals surface area contributed by atoms with Crippen LogP contribution in [0.5, 0.6) is 0 Å². The fraction of sp³-hybridized carbons (Fsp3) is 0.556. The largest absolute Gasteiger partial charge is 0.330 e. The van der Waals surface area contributed by atoms with Crippen molar-refractivity contribution in [3.63, 3.8) is 0 Å². The molecule has 4 nitrogen and oxygen atoms in total. The van der Waals surface area contributed by atoms with E-state index >= 15 is 0 Å². The summed E-state index contributed by atoms with van der Waals surface area (Å²) < 4.78 is 1.58. The van der Waals surface area contributed by atoms with Gasteiger partial charge >= 0.3 is 0 Å². The van der Waals surface area contributed by atoms with Gasteiger partial charge in [-0.2, -0.15) is 5.10 Å². The second kappa shape index (κ2) is 4.18. The number of carbonyl (C=O) groups excluding carboxylic acids is 1. The number of rotatable bonds is 4. The van der Waals surface area contributed by atoms with Gasteiger partial charge in [0.15, 0.2) is 5.78 Å². The van der Waals surface area contributed by atoms with Crippen LogP contribution in [0.25, 0.3) is 0 Å². The van der Waals surface area contributed by atoms with E-state index in [1.54, 1.807) is 24.0 Å². The monoisotopic (exact) mass is 181 g/mol. The Balaban J connectivity index is 2.84. The maximum Gasteiger partial charge on any atom is 0.185 e. The molecular formula is C9H15N3O. The third kappa shape index (κ3) is 1.95. The van der Waals surface area contributed by atoms with Gasteiger partial charge < -0.3 is 5.73 Å². The van der Waals surface area contributed by atoms with E-state index < -0.39 is 0 Å². The molecule has 72 valence electrons. The molecule has 1 unspecified atom stereocenters. The molecule has 4 heteroatoms. The molecule has 0 aliphatic carbocycles. The minimum atomic E-state index is -0.0737. The lowest BCUT2D eigenvalue weighted by Gasteiger charge is -2.10. The quantitative estimate of drug-likeness (QED) is 0.691. The summed E-state index contributed by atoms with van der Waals surface area (Å²) in [5, 5.41) is 3.94. The highest BCUT2D eigenvalue weighted by molar-refractivity contribution is 5.96. The molecule has 0 aliphatic heterocycles. The second-order valence-electron chi connectivity index (χ2n) is 3.05. The Morgan fingerprint density at radius 1 is 1.77 bits per heavy atom. The number of Topliss-reactive ketones (excluding diaryl/α,β-unsaturated/α-hetero) is 1. The fourth-order valence-corrected chi connectivity index (χ4v) is 1.28. The van der Waals surface area contributed by atoms with E-state index in [1.807, 2.05) is 6.92 Å². The van der Waals surface area contributed by atoms with Gasteiger partial charge in [-0.1, -0.05) is 6.92 Å². The van der Waals surface area contributed by atoms with Crippen LogP contribution < -0.4 is 5.73 Å². The van der Waals surface area contributed by atoms with Gasteiger partial charge in [0.2, 0.25) is 0 Å².